The molecule has 2 aliphatic rings. The van der Waals surface area contributed by atoms with Gasteiger partial charge in [-0.25, -0.2) is 0 Å². The summed E-state index contributed by atoms with van der Waals surface area (Å²) >= 11 is 0. The molecule has 3 N–H and O–H groups in total. The number of nitrogens with two attached hydrogens (primary N) is 1. The lowest BCUT2D eigenvalue weighted by molar-refractivity contribution is -0.126. The van der Waals surface area contributed by atoms with Crippen molar-refractivity contribution in [3.05, 3.63) is 35.9 Å². The molecule has 1 aromatic rings. The summed E-state index contributed by atoms with van der Waals surface area (Å²) in [7, 11) is 0. The maximum absolute atomic E-state index is 12.7. The van der Waals surface area contributed by atoms with Crippen LogP contribution >= 0.6 is 0 Å². The van der Waals surface area contributed by atoms with E-state index in [4.69, 9.17) is 5.73 Å². The van der Waals surface area contributed by atoms with E-state index in [2.05, 4.69) is 29.6 Å². The number of carbonyl (C=O) groups is 2. The average Bonchev–Trinajstić information content (AvgIpc) is 3.17. The number of nitrogens with zero attached hydrogens (tertiary/aromatic N) is 1. The summed E-state index contributed by atoms with van der Waals surface area (Å²) in [6.07, 6.45) is 6.75. The van der Waals surface area contributed by atoms with Crippen LogP contribution in [0.1, 0.15) is 50.0 Å². The predicted molar refractivity (Wildman–Crippen MR) is 103 cm³/mol. The van der Waals surface area contributed by atoms with Crippen LogP contribution in [0.25, 0.3) is 0 Å². The quantitative estimate of drug-likeness (QED) is 0.786. The van der Waals surface area contributed by atoms with E-state index in [9.17, 15) is 9.59 Å². The van der Waals surface area contributed by atoms with E-state index < -0.39 is 0 Å². The van der Waals surface area contributed by atoms with Crippen LogP contribution in [0.15, 0.2) is 30.3 Å². The molecule has 3 rings (SSSR count). The molecule has 1 aromatic carbocycles. The van der Waals surface area contributed by atoms with Crippen LogP contribution in [0.5, 0.6) is 0 Å². The lowest BCUT2D eigenvalue weighted by atomic mass is 9.84. The Labute approximate surface area is 156 Å². The van der Waals surface area contributed by atoms with Crippen molar-refractivity contribution < 1.29 is 9.59 Å². The van der Waals surface area contributed by atoms with Gasteiger partial charge in [0.25, 0.3) is 0 Å². The van der Waals surface area contributed by atoms with Gasteiger partial charge in [0.2, 0.25) is 11.8 Å². The molecular weight excluding hydrogens is 326 g/mol. The van der Waals surface area contributed by atoms with Gasteiger partial charge in [-0.1, -0.05) is 43.2 Å². The molecule has 1 heterocycles. The maximum Gasteiger partial charge on any atom is 0.231 e. The highest BCUT2D eigenvalue weighted by Gasteiger charge is 2.29. The van der Waals surface area contributed by atoms with Crippen LogP contribution in [0.3, 0.4) is 0 Å². The van der Waals surface area contributed by atoms with Crippen LogP contribution in [-0.4, -0.2) is 42.9 Å². The molecule has 0 radical (unpaired) electrons. The second-order valence-corrected chi connectivity index (χ2v) is 7.82. The summed E-state index contributed by atoms with van der Waals surface area (Å²) in [5, 5.41) is 3.23. The minimum Gasteiger partial charge on any atom is -0.369 e. The van der Waals surface area contributed by atoms with Crippen molar-refractivity contribution in [1.82, 2.24) is 10.2 Å². The average molecular weight is 357 g/mol. The van der Waals surface area contributed by atoms with Gasteiger partial charge in [0.1, 0.15) is 0 Å². The van der Waals surface area contributed by atoms with Crippen molar-refractivity contribution in [1.29, 1.82) is 0 Å². The van der Waals surface area contributed by atoms with Crippen LogP contribution in [0, 0.1) is 11.8 Å². The summed E-state index contributed by atoms with van der Waals surface area (Å²) in [5.41, 5.74) is 6.60. The van der Waals surface area contributed by atoms with Gasteiger partial charge in [-0.3, -0.25) is 14.5 Å². The van der Waals surface area contributed by atoms with Gasteiger partial charge in [0.15, 0.2) is 0 Å². The van der Waals surface area contributed by atoms with E-state index in [0.717, 1.165) is 32.5 Å². The number of nitrogens with one attached hydrogen (secondary N) is 1. The summed E-state index contributed by atoms with van der Waals surface area (Å²) in [6.45, 7) is 2.57. The number of hydrogen-bond donors (Lipinski definition) is 2. The van der Waals surface area contributed by atoms with Crippen LogP contribution in [0.2, 0.25) is 0 Å². The molecule has 1 unspecified atom stereocenters. The summed E-state index contributed by atoms with van der Waals surface area (Å²) in [4.78, 5) is 25.7. The molecule has 142 valence electrons. The first-order chi connectivity index (χ1) is 12.6. The third kappa shape index (κ3) is 5.07. The molecule has 26 heavy (non-hydrogen) atoms. The molecule has 1 aliphatic heterocycles. The summed E-state index contributed by atoms with van der Waals surface area (Å²) < 4.78 is 0. The normalized spacial score (nSPS) is 20.8. The Morgan fingerprint density at radius 2 is 1.73 bits per heavy atom. The highest BCUT2D eigenvalue weighted by Crippen LogP contribution is 2.37. The van der Waals surface area contributed by atoms with Crippen LogP contribution < -0.4 is 11.1 Å². The molecule has 1 aliphatic carbocycles. The number of amides is 2. The van der Waals surface area contributed by atoms with E-state index >= 15 is 0 Å². The third-order valence-corrected chi connectivity index (χ3v) is 6.03. The topological polar surface area (TPSA) is 75.4 Å². The van der Waals surface area contributed by atoms with Gasteiger partial charge < -0.3 is 11.1 Å². The van der Waals surface area contributed by atoms with Crippen molar-refractivity contribution in [2.24, 2.45) is 17.6 Å². The van der Waals surface area contributed by atoms with Gasteiger partial charge in [0.05, 0.1) is 6.54 Å². The zero-order valence-corrected chi connectivity index (χ0v) is 15.5. The largest absolute Gasteiger partial charge is 0.369 e. The highest BCUT2D eigenvalue weighted by atomic mass is 16.2. The number of hydrogen-bond acceptors (Lipinski definition) is 3. The smallest absolute Gasteiger partial charge is 0.231 e. The molecule has 5 heteroatoms. The fraction of sp³-hybridized carbons (Fsp3) is 0.619. The van der Waals surface area contributed by atoms with Crippen molar-refractivity contribution in [3.8, 4) is 0 Å². The van der Waals surface area contributed by atoms with E-state index in [1.807, 2.05) is 11.0 Å². The SMILES string of the molecule is NC(=O)CN1CCC(C(=O)NCC(c2ccccc2)C2CCCC2)CC1. The lowest BCUT2D eigenvalue weighted by Crippen LogP contribution is -2.44. The van der Waals surface area contributed by atoms with Gasteiger partial charge in [-0.15, -0.1) is 0 Å². The first kappa shape index (κ1) is 18.9. The zero-order chi connectivity index (χ0) is 18.4. The van der Waals surface area contributed by atoms with E-state index in [1.54, 1.807) is 0 Å². The Morgan fingerprint density at radius 3 is 2.35 bits per heavy atom. The van der Waals surface area contributed by atoms with Gasteiger partial charge in [0, 0.05) is 18.4 Å². The number of piperidine rings is 1. The minimum atomic E-state index is -0.296. The van der Waals surface area contributed by atoms with Gasteiger partial charge in [-0.05, 0) is 50.3 Å². The fourth-order valence-corrected chi connectivity index (χ4v) is 4.55. The van der Waals surface area contributed by atoms with Crippen molar-refractivity contribution in [2.45, 2.75) is 44.4 Å². The maximum atomic E-state index is 12.7. The van der Waals surface area contributed by atoms with E-state index in [0.29, 0.717) is 18.4 Å². The zero-order valence-electron chi connectivity index (χ0n) is 15.5. The Bertz CT molecular complexity index is 591. The first-order valence-corrected chi connectivity index (χ1v) is 9.97. The summed E-state index contributed by atoms with van der Waals surface area (Å²) in [5.74, 6) is 1.02. The number of carbonyl (C=O) groups excluding carboxylic acids is 2. The van der Waals surface area contributed by atoms with E-state index in [1.165, 1.54) is 31.2 Å². The molecule has 1 atom stereocenters. The van der Waals surface area contributed by atoms with Crippen LogP contribution in [-0.2, 0) is 9.59 Å². The number of benzene rings is 1. The molecule has 1 saturated carbocycles. The Hall–Kier alpha value is -1.88. The Balaban J connectivity index is 1.52. The molecule has 1 saturated heterocycles. The molecule has 2 fully saturated rings. The van der Waals surface area contributed by atoms with Crippen molar-refractivity contribution in [3.63, 3.8) is 0 Å². The second-order valence-electron chi connectivity index (χ2n) is 7.82. The van der Waals surface area contributed by atoms with Gasteiger partial charge in [-0.2, -0.15) is 0 Å². The fourth-order valence-electron chi connectivity index (χ4n) is 4.55. The predicted octanol–water partition coefficient (Wildman–Crippen LogP) is 2.27. The van der Waals surface area contributed by atoms with E-state index in [-0.39, 0.29) is 17.7 Å². The monoisotopic (exact) mass is 357 g/mol. The molecule has 5 nitrogen and oxygen atoms in total. The molecular formula is C21H31N3O2. The minimum absolute atomic E-state index is 0.0547. The lowest BCUT2D eigenvalue weighted by Gasteiger charge is -2.31. The third-order valence-electron chi connectivity index (χ3n) is 6.03. The van der Waals surface area contributed by atoms with Gasteiger partial charge >= 0.3 is 0 Å². The summed E-state index contributed by atoms with van der Waals surface area (Å²) in [6, 6.07) is 10.6. The van der Waals surface area contributed by atoms with Crippen molar-refractivity contribution in [2.75, 3.05) is 26.2 Å². The number of rotatable bonds is 7. The van der Waals surface area contributed by atoms with Crippen LogP contribution in [0.4, 0.5) is 0 Å². The Morgan fingerprint density at radius 1 is 1.08 bits per heavy atom. The second kappa shape index (κ2) is 9.17. The highest BCUT2D eigenvalue weighted by molar-refractivity contribution is 5.79. The first-order valence-electron chi connectivity index (χ1n) is 9.97. The molecule has 0 aromatic heterocycles. The molecule has 0 bridgehead atoms. The Kier molecular flexibility index (Phi) is 6.67. The number of likely N-dealkylation sites (tertiary alicyclic amines) is 1. The molecule has 2 amide bonds. The molecule has 0 spiro atoms. The number of primary amides is 1. The van der Waals surface area contributed by atoms with Crippen molar-refractivity contribution >= 4 is 11.8 Å². The standard InChI is InChI=1S/C21H31N3O2/c22-20(25)15-24-12-10-18(11-13-24)21(26)23-14-19(17-8-4-5-9-17)16-6-2-1-3-7-16/h1-3,6-7,17-19H,4-5,8-15H2,(H2,22,25)(H,23,26).